The van der Waals surface area contributed by atoms with Gasteiger partial charge < -0.3 is 25.0 Å². The normalized spacial score (nSPS) is 17.9. The average Bonchev–Trinajstić information content (AvgIpc) is 2.78. The van der Waals surface area contributed by atoms with Crippen LogP contribution in [-0.4, -0.2) is 59.7 Å². The summed E-state index contributed by atoms with van der Waals surface area (Å²) in [4.78, 5) is 26.9. The van der Waals surface area contributed by atoms with E-state index in [0.717, 1.165) is 30.4 Å². The van der Waals surface area contributed by atoms with Gasteiger partial charge in [-0.2, -0.15) is 5.26 Å². The first-order chi connectivity index (χ1) is 16.0. The number of ether oxygens (including phenoxy) is 1. The third kappa shape index (κ3) is 9.36. The van der Waals surface area contributed by atoms with Crippen LogP contribution in [0.25, 0.3) is 0 Å². The molecule has 1 heterocycles. The molecule has 0 aliphatic carbocycles. The summed E-state index contributed by atoms with van der Waals surface area (Å²) in [7, 11) is -1.73. The highest BCUT2D eigenvalue weighted by Crippen LogP contribution is 2.26. The van der Waals surface area contributed by atoms with E-state index in [1.54, 1.807) is 4.90 Å². The first-order valence-electron chi connectivity index (χ1n) is 12.0. The van der Waals surface area contributed by atoms with Crippen LogP contribution in [0, 0.1) is 35.5 Å². The molecule has 1 saturated heterocycles. The van der Waals surface area contributed by atoms with E-state index >= 15 is 0 Å². The van der Waals surface area contributed by atoms with Crippen LogP contribution in [0.1, 0.15) is 57.6 Å². The number of nitriles is 1. The minimum Gasteiger partial charge on any atom is -0.449 e. The number of carbonyl (C=O) groups excluding carboxylic acids is 2. The van der Waals surface area contributed by atoms with Crippen molar-refractivity contribution in [3.05, 3.63) is 35.4 Å². The zero-order valence-electron chi connectivity index (χ0n) is 20.8. The number of carbonyl (C=O) groups is 2. The van der Waals surface area contributed by atoms with E-state index in [1.165, 1.54) is 0 Å². The first-order valence-corrected chi connectivity index (χ1v) is 12.0. The predicted octanol–water partition coefficient (Wildman–Crippen LogP) is 2.85. The van der Waals surface area contributed by atoms with E-state index in [1.807, 2.05) is 31.2 Å². The van der Waals surface area contributed by atoms with Crippen molar-refractivity contribution in [1.29, 1.82) is 5.26 Å². The van der Waals surface area contributed by atoms with E-state index in [2.05, 4.69) is 32.2 Å². The van der Waals surface area contributed by atoms with E-state index < -0.39 is 25.1 Å². The van der Waals surface area contributed by atoms with Crippen molar-refractivity contribution in [2.24, 2.45) is 17.3 Å². The third-order valence-corrected chi connectivity index (χ3v) is 6.16. The minimum atomic E-state index is -1.73. The highest BCUT2D eigenvalue weighted by Gasteiger charge is 2.31. The summed E-state index contributed by atoms with van der Waals surface area (Å²) in [5, 5.41) is 31.4. The third-order valence-electron chi connectivity index (χ3n) is 6.16. The number of amides is 2. The topological polar surface area (TPSA) is 123 Å². The number of rotatable bonds is 9. The number of nitrogens with zero attached hydrogens (tertiary/aromatic N) is 2. The summed E-state index contributed by atoms with van der Waals surface area (Å²) in [6.45, 7) is 9.39. The SMILES string of the molecule is Cc1ccc(C[C@H](NC(=O)OC[C@H]2CCCN(C(=O)C(C#N)CCC(C)(C)C)C2)B(O)O)cc1. The van der Waals surface area contributed by atoms with Gasteiger partial charge in [-0.05, 0) is 50.0 Å². The zero-order chi connectivity index (χ0) is 25.3. The van der Waals surface area contributed by atoms with Gasteiger partial charge >= 0.3 is 13.2 Å². The number of hydrogen-bond donors (Lipinski definition) is 3. The number of likely N-dealkylation sites (tertiary alicyclic amines) is 1. The van der Waals surface area contributed by atoms with E-state index in [0.29, 0.717) is 19.5 Å². The van der Waals surface area contributed by atoms with E-state index in [4.69, 9.17) is 4.74 Å². The Morgan fingerprint density at radius 2 is 1.97 bits per heavy atom. The molecular weight excluding hydrogens is 433 g/mol. The molecule has 0 aromatic heterocycles. The molecule has 0 radical (unpaired) electrons. The molecule has 34 heavy (non-hydrogen) atoms. The van der Waals surface area contributed by atoms with Crippen molar-refractivity contribution in [2.45, 2.75) is 65.7 Å². The zero-order valence-corrected chi connectivity index (χ0v) is 20.8. The fourth-order valence-electron chi connectivity index (χ4n) is 4.04. The van der Waals surface area contributed by atoms with Crippen molar-refractivity contribution in [3.8, 4) is 6.07 Å². The molecule has 1 fully saturated rings. The lowest BCUT2D eigenvalue weighted by Gasteiger charge is -2.34. The molecule has 0 spiro atoms. The van der Waals surface area contributed by atoms with Crippen molar-refractivity contribution in [2.75, 3.05) is 19.7 Å². The number of piperidine rings is 1. The van der Waals surface area contributed by atoms with Crippen LogP contribution in [-0.2, 0) is 16.0 Å². The van der Waals surface area contributed by atoms with Gasteiger partial charge in [-0.25, -0.2) is 4.79 Å². The second kappa shape index (κ2) is 12.8. The molecule has 3 atom stereocenters. The Morgan fingerprint density at radius 3 is 2.56 bits per heavy atom. The lowest BCUT2D eigenvalue weighted by atomic mass is 9.76. The van der Waals surface area contributed by atoms with Gasteiger partial charge in [0.15, 0.2) is 0 Å². The molecule has 3 N–H and O–H groups in total. The van der Waals surface area contributed by atoms with Gasteiger partial charge in [-0.3, -0.25) is 4.79 Å². The number of nitrogens with one attached hydrogen (secondary N) is 1. The first kappa shape index (κ1) is 27.7. The fraction of sp³-hybridized carbons (Fsp3) is 0.640. The van der Waals surface area contributed by atoms with Crippen LogP contribution in [0.5, 0.6) is 0 Å². The smallest absolute Gasteiger partial charge is 0.449 e. The van der Waals surface area contributed by atoms with E-state index in [-0.39, 0.29) is 30.3 Å². The summed E-state index contributed by atoms with van der Waals surface area (Å²) < 4.78 is 5.35. The Morgan fingerprint density at radius 1 is 1.29 bits per heavy atom. The molecular formula is C25H38BN3O5. The number of aryl methyl sites for hydroxylation is 1. The quantitative estimate of drug-likeness (QED) is 0.476. The van der Waals surface area contributed by atoms with Gasteiger partial charge in [0.2, 0.25) is 5.91 Å². The van der Waals surface area contributed by atoms with Gasteiger partial charge in [0.05, 0.1) is 18.6 Å². The summed E-state index contributed by atoms with van der Waals surface area (Å²) in [5.41, 5.74) is 2.01. The Hall–Kier alpha value is -2.57. The Kier molecular flexibility index (Phi) is 10.4. The van der Waals surface area contributed by atoms with Gasteiger partial charge in [-0.1, -0.05) is 50.6 Å². The number of hydrogen-bond acceptors (Lipinski definition) is 6. The molecule has 9 heteroatoms. The lowest BCUT2D eigenvalue weighted by Crippen LogP contribution is -2.49. The summed E-state index contributed by atoms with van der Waals surface area (Å²) in [6.07, 6.45) is 2.44. The number of alkyl carbamates (subject to hydrolysis) is 1. The van der Waals surface area contributed by atoms with Crippen LogP contribution >= 0.6 is 0 Å². The molecule has 0 bridgehead atoms. The van der Waals surface area contributed by atoms with Crippen LogP contribution in [0.15, 0.2) is 24.3 Å². The molecule has 1 aromatic rings. The largest absolute Gasteiger partial charge is 0.475 e. The molecule has 1 unspecified atom stereocenters. The second-order valence-electron chi connectivity index (χ2n) is 10.5. The Bertz CT molecular complexity index is 848. The molecule has 2 rings (SSSR count). The molecule has 1 aliphatic rings. The summed E-state index contributed by atoms with van der Waals surface area (Å²) >= 11 is 0. The Balaban J connectivity index is 1.84. The summed E-state index contributed by atoms with van der Waals surface area (Å²) in [5.74, 6) is -1.74. The minimum absolute atomic E-state index is 0.0278. The monoisotopic (exact) mass is 471 g/mol. The number of benzene rings is 1. The van der Waals surface area contributed by atoms with Crippen molar-refractivity contribution < 1.29 is 24.4 Å². The second-order valence-corrected chi connectivity index (χ2v) is 10.5. The maximum Gasteiger partial charge on any atom is 0.475 e. The van der Waals surface area contributed by atoms with Gasteiger partial charge in [0.25, 0.3) is 0 Å². The molecule has 1 aliphatic heterocycles. The molecule has 0 saturated carbocycles. The van der Waals surface area contributed by atoms with Gasteiger partial charge in [0, 0.05) is 19.0 Å². The highest BCUT2D eigenvalue weighted by atomic mass is 16.5. The average molecular weight is 471 g/mol. The molecule has 8 nitrogen and oxygen atoms in total. The molecule has 186 valence electrons. The van der Waals surface area contributed by atoms with Gasteiger partial charge in [0.1, 0.15) is 5.92 Å². The van der Waals surface area contributed by atoms with Crippen LogP contribution in [0.4, 0.5) is 4.79 Å². The van der Waals surface area contributed by atoms with Crippen molar-refractivity contribution in [3.63, 3.8) is 0 Å². The fourth-order valence-corrected chi connectivity index (χ4v) is 4.04. The maximum atomic E-state index is 12.9. The van der Waals surface area contributed by atoms with Crippen molar-refractivity contribution >= 4 is 19.1 Å². The van der Waals surface area contributed by atoms with Crippen LogP contribution in [0.3, 0.4) is 0 Å². The van der Waals surface area contributed by atoms with Gasteiger partial charge in [-0.15, -0.1) is 0 Å². The summed E-state index contributed by atoms with van der Waals surface area (Å²) in [6, 6.07) is 9.75. The van der Waals surface area contributed by atoms with Crippen LogP contribution in [0.2, 0.25) is 0 Å². The standard InChI is InChI=1S/C25H38BN3O5/c1-18-7-9-19(10-8-18)14-22(26(32)33)28-24(31)34-17-20-6-5-13-29(16-20)23(30)21(15-27)11-12-25(2,3)4/h7-10,20-22,32-33H,5-6,11-14,16-17H2,1-4H3,(H,28,31)/t20-,21?,22-/m0/s1. The van der Waals surface area contributed by atoms with Crippen LogP contribution < -0.4 is 5.32 Å². The molecule has 1 aromatic carbocycles. The lowest BCUT2D eigenvalue weighted by molar-refractivity contribution is -0.136. The Labute approximate surface area is 203 Å². The van der Waals surface area contributed by atoms with Crippen molar-refractivity contribution in [1.82, 2.24) is 10.2 Å². The maximum absolute atomic E-state index is 12.9. The highest BCUT2D eigenvalue weighted by molar-refractivity contribution is 6.43. The predicted molar refractivity (Wildman–Crippen MR) is 130 cm³/mol. The molecule has 2 amide bonds. The van der Waals surface area contributed by atoms with E-state index in [9.17, 15) is 24.9 Å².